The summed E-state index contributed by atoms with van der Waals surface area (Å²) in [6.45, 7) is 0. The molecule has 0 heterocycles. The molecule has 0 saturated carbocycles. The molecule has 0 aromatic heterocycles. The van der Waals surface area contributed by atoms with Crippen molar-refractivity contribution in [1.82, 2.24) is 0 Å². The van der Waals surface area contributed by atoms with Crippen LogP contribution < -0.4 is 0 Å². The third kappa shape index (κ3) is 2.26. The minimum Gasteiger partial charge on any atom is -0.258 e. The van der Waals surface area contributed by atoms with Gasteiger partial charge in [0, 0.05) is 5.56 Å². The van der Waals surface area contributed by atoms with E-state index in [1.807, 2.05) is 0 Å². The Bertz CT molecular complexity index is 778. The van der Waals surface area contributed by atoms with Crippen LogP contribution in [0.25, 0.3) is 11.1 Å². The molecular formula is C12H2F7NO2. The SMILES string of the molecule is O=[N+]([O-])c1cc(F)c(-c2c(F)c(F)c(F)c(F)c2F)cc1F. The maximum absolute atomic E-state index is 13.7. The monoisotopic (exact) mass is 325 g/mol. The highest BCUT2D eigenvalue weighted by molar-refractivity contribution is 5.67. The Morgan fingerprint density at radius 1 is 0.727 bits per heavy atom. The lowest BCUT2D eigenvalue weighted by Crippen LogP contribution is -2.06. The summed E-state index contributed by atoms with van der Waals surface area (Å²) in [5.41, 5.74) is -4.41. The second-order valence-electron chi connectivity index (χ2n) is 3.99. The van der Waals surface area contributed by atoms with Crippen LogP contribution in [0.2, 0.25) is 0 Å². The van der Waals surface area contributed by atoms with Gasteiger partial charge in [0.15, 0.2) is 23.3 Å². The van der Waals surface area contributed by atoms with Crippen molar-refractivity contribution in [1.29, 1.82) is 0 Å². The highest BCUT2D eigenvalue weighted by atomic mass is 19.2. The summed E-state index contributed by atoms with van der Waals surface area (Å²) in [5.74, 6) is -15.4. The Hall–Kier alpha value is -2.65. The minimum absolute atomic E-state index is 0.0221. The molecule has 0 atom stereocenters. The molecule has 0 bridgehead atoms. The van der Waals surface area contributed by atoms with Crippen molar-refractivity contribution >= 4 is 5.69 Å². The van der Waals surface area contributed by atoms with E-state index >= 15 is 0 Å². The number of benzene rings is 2. The standard InChI is InChI=1S/C12H2F7NO2/c13-4-2-6(20(21)22)5(14)1-3(4)7-8(15)10(17)12(19)11(18)9(7)16/h1-2H. The Labute approximate surface area is 116 Å². The van der Waals surface area contributed by atoms with E-state index in [2.05, 4.69) is 0 Å². The molecule has 0 aliphatic carbocycles. The normalized spacial score (nSPS) is 10.9. The van der Waals surface area contributed by atoms with E-state index in [1.165, 1.54) is 0 Å². The Kier molecular flexibility index (Phi) is 3.77. The summed E-state index contributed by atoms with van der Waals surface area (Å²) in [4.78, 5) is 9.07. The quantitative estimate of drug-likeness (QED) is 0.273. The first-order valence-electron chi connectivity index (χ1n) is 5.32. The predicted octanol–water partition coefficient (Wildman–Crippen LogP) is 4.24. The zero-order chi connectivity index (χ0) is 16.8. The van der Waals surface area contributed by atoms with Crippen molar-refractivity contribution < 1.29 is 35.7 Å². The summed E-state index contributed by atoms with van der Waals surface area (Å²) in [5, 5.41) is 10.4. The first-order chi connectivity index (χ1) is 10.2. The maximum atomic E-state index is 13.7. The predicted molar refractivity (Wildman–Crippen MR) is 58.2 cm³/mol. The fourth-order valence-corrected chi connectivity index (χ4v) is 1.71. The number of rotatable bonds is 2. The summed E-state index contributed by atoms with van der Waals surface area (Å²) < 4.78 is 93.0. The largest absolute Gasteiger partial charge is 0.307 e. The number of halogens is 7. The zero-order valence-corrected chi connectivity index (χ0v) is 10.1. The van der Waals surface area contributed by atoms with Gasteiger partial charge in [0.05, 0.1) is 16.6 Å². The first-order valence-corrected chi connectivity index (χ1v) is 5.32. The van der Waals surface area contributed by atoms with Crippen LogP contribution in [-0.2, 0) is 0 Å². The maximum Gasteiger partial charge on any atom is 0.307 e. The van der Waals surface area contributed by atoms with Crippen molar-refractivity contribution in [3.8, 4) is 11.1 Å². The van der Waals surface area contributed by atoms with Gasteiger partial charge in [0.2, 0.25) is 11.6 Å². The van der Waals surface area contributed by atoms with Crippen LogP contribution in [-0.4, -0.2) is 4.92 Å². The van der Waals surface area contributed by atoms with Gasteiger partial charge in [-0.15, -0.1) is 0 Å². The fourth-order valence-electron chi connectivity index (χ4n) is 1.71. The number of nitro benzene ring substituents is 1. The van der Waals surface area contributed by atoms with Crippen LogP contribution in [0.5, 0.6) is 0 Å². The van der Waals surface area contributed by atoms with Crippen molar-refractivity contribution in [3.63, 3.8) is 0 Å². The lowest BCUT2D eigenvalue weighted by Gasteiger charge is -2.09. The van der Waals surface area contributed by atoms with Crippen LogP contribution in [0, 0.1) is 50.8 Å². The van der Waals surface area contributed by atoms with Gasteiger partial charge >= 0.3 is 5.69 Å². The van der Waals surface area contributed by atoms with Gasteiger partial charge in [-0.05, 0) is 6.07 Å². The lowest BCUT2D eigenvalue weighted by molar-refractivity contribution is -0.387. The second-order valence-corrected chi connectivity index (χ2v) is 3.99. The summed E-state index contributed by atoms with van der Waals surface area (Å²) in [6, 6.07) is -0.0472. The van der Waals surface area contributed by atoms with Gasteiger partial charge in [0.1, 0.15) is 5.82 Å². The van der Waals surface area contributed by atoms with Crippen LogP contribution in [0.1, 0.15) is 0 Å². The molecule has 0 radical (unpaired) electrons. The molecule has 0 spiro atoms. The van der Waals surface area contributed by atoms with E-state index in [1.54, 1.807) is 0 Å². The van der Waals surface area contributed by atoms with Gasteiger partial charge in [-0.25, -0.2) is 26.3 Å². The van der Waals surface area contributed by atoms with Gasteiger partial charge in [0.25, 0.3) is 0 Å². The molecule has 0 saturated heterocycles. The average molecular weight is 325 g/mol. The highest BCUT2D eigenvalue weighted by Crippen LogP contribution is 2.35. The third-order valence-corrected chi connectivity index (χ3v) is 2.71. The summed E-state index contributed by atoms with van der Waals surface area (Å²) in [7, 11) is 0. The Morgan fingerprint density at radius 2 is 1.18 bits per heavy atom. The van der Waals surface area contributed by atoms with E-state index < -0.39 is 62.5 Å². The van der Waals surface area contributed by atoms with Crippen LogP contribution in [0.4, 0.5) is 36.4 Å². The van der Waals surface area contributed by atoms with Gasteiger partial charge in [-0.3, -0.25) is 10.1 Å². The molecule has 116 valence electrons. The van der Waals surface area contributed by atoms with Crippen LogP contribution in [0.15, 0.2) is 12.1 Å². The minimum atomic E-state index is -2.47. The van der Waals surface area contributed by atoms with E-state index in [-0.39, 0.29) is 12.1 Å². The number of nitro groups is 1. The van der Waals surface area contributed by atoms with E-state index in [9.17, 15) is 40.8 Å². The third-order valence-electron chi connectivity index (χ3n) is 2.71. The molecule has 0 aliphatic heterocycles. The Balaban J connectivity index is 2.84. The number of hydrogen-bond acceptors (Lipinski definition) is 2. The molecule has 2 aromatic rings. The fraction of sp³-hybridized carbons (Fsp3) is 0. The van der Waals surface area contributed by atoms with Gasteiger partial charge in [-0.2, -0.15) is 4.39 Å². The molecular weight excluding hydrogens is 323 g/mol. The zero-order valence-electron chi connectivity index (χ0n) is 10.1. The average Bonchev–Trinajstić information content (AvgIpc) is 2.46. The van der Waals surface area contributed by atoms with Crippen molar-refractivity contribution in [2.45, 2.75) is 0 Å². The van der Waals surface area contributed by atoms with Gasteiger partial charge < -0.3 is 0 Å². The van der Waals surface area contributed by atoms with E-state index in [4.69, 9.17) is 0 Å². The lowest BCUT2D eigenvalue weighted by atomic mass is 10.0. The second kappa shape index (κ2) is 5.28. The molecule has 0 unspecified atom stereocenters. The molecule has 2 rings (SSSR count). The van der Waals surface area contributed by atoms with E-state index in [0.29, 0.717) is 0 Å². The number of nitrogens with zero attached hydrogens (tertiary/aromatic N) is 1. The first kappa shape index (κ1) is 15.7. The van der Waals surface area contributed by atoms with Crippen molar-refractivity contribution in [3.05, 3.63) is 63.0 Å². The van der Waals surface area contributed by atoms with E-state index in [0.717, 1.165) is 0 Å². The molecule has 2 aromatic carbocycles. The van der Waals surface area contributed by atoms with Crippen LogP contribution >= 0.6 is 0 Å². The topological polar surface area (TPSA) is 43.1 Å². The Morgan fingerprint density at radius 3 is 1.64 bits per heavy atom. The molecule has 10 heteroatoms. The summed E-state index contributed by atoms with van der Waals surface area (Å²) in [6.07, 6.45) is 0. The van der Waals surface area contributed by atoms with Crippen molar-refractivity contribution in [2.75, 3.05) is 0 Å². The van der Waals surface area contributed by atoms with Crippen LogP contribution in [0.3, 0.4) is 0 Å². The molecule has 22 heavy (non-hydrogen) atoms. The van der Waals surface area contributed by atoms with Gasteiger partial charge in [-0.1, -0.05) is 0 Å². The highest BCUT2D eigenvalue weighted by Gasteiger charge is 2.30. The smallest absolute Gasteiger partial charge is 0.258 e. The molecule has 0 aliphatic rings. The molecule has 0 amide bonds. The summed E-state index contributed by atoms with van der Waals surface area (Å²) >= 11 is 0. The van der Waals surface area contributed by atoms with Crippen molar-refractivity contribution in [2.24, 2.45) is 0 Å². The number of hydrogen-bond donors (Lipinski definition) is 0. The molecule has 0 N–H and O–H groups in total. The molecule has 3 nitrogen and oxygen atoms in total. The molecule has 0 fully saturated rings.